The Labute approximate surface area is 104 Å². The summed E-state index contributed by atoms with van der Waals surface area (Å²) in [6.07, 6.45) is 4.43. The van der Waals surface area contributed by atoms with Crippen molar-refractivity contribution >= 4 is 0 Å². The third-order valence-electron chi connectivity index (χ3n) is 2.35. The second-order valence-corrected chi connectivity index (χ2v) is 3.72. The van der Waals surface area contributed by atoms with Crippen LogP contribution in [0, 0.1) is 0 Å². The summed E-state index contributed by atoms with van der Waals surface area (Å²) in [5.41, 5.74) is 1.17. The van der Waals surface area contributed by atoms with Crippen molar-refractivity contribution in [1.29, 1.82) is 0 Å². The smallest absolute Gasteiger partial charge is 0.0779 e. The second-order valence-electron chi connectivity index (χ2n) is 3.72. The standard InChI is InChI=1S/C15H20O2/c1-3-11-16-12-10-15(4-2)17-13-14-8-6-5-7-9-14/h3-9,15H,1-2,10-13H2. The summed E-state index contributed by atoms with van der Waals surface area (Å²) >= 11 is 0. The number of hydrogen-bond donors (Lipinski definition) is 0. The minimum Gasteiger partial charge on any atom is -0.377 e. The lowest BCUT2D eigenvalue weighted by Crippen LogP contribution is -2.12. The Morgan fingerprint density at radius 2 is 1.94 bits per heavy atom. The first kappa shape index (κ1) is 13.7. The van der Waals surface area contributed by atoms with Crippen molar-refractivity contribution in [2.45, 2.75) is 19.1 Å². The number of rotatable bonds is 9. The summed E-state index contributed by atoms with van der Waals surface area (Å²) in [5.74, 6) is 0. The number of hydrogen-bond acceptors (Lipinski definition) is 2. The van der Waals surface area contributed by atoms with Gasteiger partial charge in [-0.15, -0.1) is 13.2 Å². The van der Waals surface area contributed by atoms with E-state index >= 15 is 0 Å². The zero-order valence-corrected chi connectivity index (χ0v) is 10.2. The third-order valence-corrected chi connectivity index (χ3v) is 2.35. The fraction of sp³-hybridized carbons (Fsp3) is 0.333. The maximum atomic E-state index is 5.73. The molecule has 0 bridgehead atoms. The van der Waals surface area contributed by atoms with Crippen LogP contribution in [0.1, 0.15) is 12.0 Å². The molecule has 0 heterocycles. The molecule has 17 heavy (non-hydrogen) atoms. The topological polar surface area (TPSA) is 18.5 Å². The van der Waals surface area contributed by atoms with Gasteiger partial charge in [-0.25, -0.2) is 0 Å². The molecule has 0 amide bonds. The maximum absolute atomic E-state index is 5.73. The highest BCUT2D eigenvalue weighted by atomic mass is 16.5. The molecule has 1 rings (SSSR count). The van der Waals surface area contributed by atoms with Gasteiger partial charge >= 0.3 is 0 Å². The van der Waals surface area contributed by atoms with Gasteiger partial charge in [-0.3, -0.25) is 0 Å². The van der Waals surface area contributed by atoms with Crippen LogP contribution in [0.5, 0.6) is 0 Å². The van der Waals surface area contributed by atoms with Crippen LogP contribution in [-0.2, 0) is 16.1 Å². The van der Waals surface area contributed by atoms with Gasteiger partial charge in [0.25, 0.3) is 0 Å². The normalized spacial score (nSPS) is 12.0. The maximum Gasteiger partial charge on any atom is 0.0779 e. The van der Waals surface area contributed by atoms with E-state index in [0.717, 1.165) is 6.42 Å². The van der Waals surface area contributed by atoms with E-state index in [2.05, 4.69) is 13.2 Å². The van der Waals surface area contributed by atoms with Crippen molar-refractivity contribution in [3.05, 3.63) is 61.2 Å². The quantitative estimate of drug-likeness (QED) is 0.480. The largest absolute Gasteiger partial charge is 0.377 e. The van der Waals surface area contributed by atoms with Crippen molar-refractivity contribution < 1.29 is 9.47 Å². The first-order valence-electron chi connectivity index (χ1n) is 5.83. The molecule has 0 aromatic heterocycles. The van der Waals surface area contributed by atoms with Crippen LogP contribution < -0.4 is 0 Å². The molecule has 0 spiro atoms. The molecule has 1 aromatic rings. The van der Waals surface area contributed by atoms with Crippen molar-refractivity contribution in [2.24, 2.45) is 0 Å². The Kier molecular flexibility index (Phi) is 7.03. The van der Waals surface area contributed by atoms with E-state index < -0.39 is 0 Å². The van der Waals surface area contributed by atoms with Crippen molar-refractivity contribution in [3.63, 3.8) is 0 Å². The molecule has 1 aromatic carbocycles. The summed E-state index contributed by atoms with van der Waals surface area (Å²) in [4.78, 5) is 0. The summed E-state index contributed by atoms with van der Waals surface area (Å²) in [6, 6.07) is 10.1. The lowest BCUT2D eigenvalue weighted by Gasteiger charge is -2.13. The molecule has 0 aliphatic heterocycles. The summed E-state index contributed by atoms with van der Waals surface area (Å²) < 4.78 is 11.1. The second kappa shape index (κ2) is 8.74. The van der Waals surface area contributed by atoms with E-state index in [-0.39, 0.29) is 6.10 Å². The van der Waals surface area contributed by atoms with Crippen LogP contribution in [0.3, 0.4) is 0 Å². The van der Waals surface area contributed by atoms with Crippen LogP contribution in [0.25, 0.3) is 0 Å². The zero-order chi connectivity index (χ0) is 12.3. The molecule has 0 N–H and O–H groups in total. The molecule has 92 valence electrons. The Morgan fingerprint density at radius 3 is 2.59 bits per heavy atom. The number of benzene rings is 1. The van der Waals surface area contributed by atoms with Crippen molar-refractivity contribution in [2.75, 3.05) is 13.2 Å². The van der Waals surface area contributed by atoms with Gasteiger partial charge < -0.3 is 9.47 Å². The molecule has 2 nitrogen and oxygen atoms in total. The lowest BCUT2D eigenvalue weighted by atomic mass is 10.2. The van der Waals surface area contributed by atoms with Gasteiger partial charge in [0, 0.05) is 13.0 Å². The Bertz CT molecular complexity index is 319. The molecular weight excluding hydrogens is 212 g/mol. The molecule has 0 radical (unpaired) electrons. The van der Waals surface area contributed by atoms with Gasteiger partial charge in [-0.1, -0.05) is 42.5 Å². The van der Waals surface area contributed by atoms with Gasteiger partial charge in [-0.05, 0) is 5.56 Å². The highest BCUT2D eigenvalue weighted by molar-refractivity contribution is 5.13. The highest BCUT2D eigenvalue weighted by Gasteiger charge is 2.04. The van der Waals surface area contributed by atoms with Gasteiger partial charge in [0.1, 0.15) is 0 Å². The summed E-state index contributed by atoms with van der Waals surface area (Å²) in [5, 5.41) is 0. The summed E-state index contributed by atoms with van der Waals surface area (Å²) in [7, 11) is 0. The zero-order valence-electron chi connectivity index (χ0n) is 10.2. The lowest BCUT2D eigenvalue weighted by molar-refractivity contribution is 0.0425. The van der Waals surface area contributed by atoms with E-state index in [1.54, 1.807) is 6.08 Å². The molecule has 0 fully saturated rings. The van der Waals surface area contributed by atoms with Crippen molar-refractivity contribution in [1.82, 2.24) is 0 Å². The molecule has 1 atom stereocenters. The molecule has 1 unspecified atom stereocenters. The highest BCUT2D eigenvalue weighted by Crippen LogP contribution is 2.07. The molecule has 0 aliphatic rings. The molecule has 2 heteroatoms. The first-order valence-corrected chi connectivity index (χ1v) is 5.83. The molecule has 0 aliphatic carbocycles. The monoisotopic (exact) mass is 232 g/mol. The van der Waals surface area contributed by atoms with Crippen LogP contribution >= 0.6 is 0 Å². The van der Waals surface area contributed by atoms with Crippen LogP contribution in [0.4, 0.5) is 0 Å². The number of ether oxygens (including phenoxy) is 2. The van der Waals surface area contributed by atoms with E-state index in [1.807, 2.05) is 36.4 Å². The predicted octanol–water partition coefficient (Wildman–Crippen LogP) is 3.35. The van der Waals surface area contributed by atoms with E-state index in [1.165, 1.54) is 5.56 Å². The Balaban J connectivity index is 2.22. The van der Waals surface area contributed by atoms with Gasteiger partial charge in [0.05, 0.1) is 19.3 Å². The molecular formula is C15H20O2. The third kappa shape index (κ3) is 6.05. The minimum absolute atomic E-state index is 0.0417. The van der Waals surface area contributed by atoms with Gasteiger partial charge in [0.2, 0.25) is 0 Å². The van der Waals surface area contributed by atoms with Crippen LogP contribution in [-0.4, -0.2) is 19.3 Å². The van der Waals surface area contributed by atoms with Gasteiger partial charge in [0.15, 0.2) is 0 Å². The minimum atomic E-state index is 0.0417. The molecule has 0 saturated carbocycles. The van der Waals surface area contributed by atoms with Crippen LogP contribution in [0.2, 0.25) is 0 Å². The fourth-order valence-electron chi connectivity index (χ4n) is 1.41. The predicted molar refractivity (Wildman–Crippen MR) is 70.8 cm³/mol. The Hall–Kier alpha value is -1.38. The molecule has 0 saturated heterocycles. The van der Waals surface area contributed by atoms with Gasteiger partial charge in [-0.2, -0.15) is 0 Å². The van der Waals surface area contributed by atoms with E-state index in [0.29, 0.717) is 19.8 Å². The van der Waals surface area contributed by atoms with E-state index in [9.17, 15) is 0 Å². The Morgan fingerprint density at radius 1 is 1.18 bits per heavy atom. The van der Waals surface area contributed by atoms with Crippen LogP contribution in [0.15, 0.2) is 55.6 Å². The van der Waals surface area contributed by atoms with Crippen molar-refractivity contribution in [3.8, 4) is 0 Å². The average molecular weight is 232 g/mol. The fourth-order valence-corrected chi connectivity index (χ4v) is 1.41. The summed E-state index contributed by atoms with van der Waals surface area (Å²) in [6.45, 7) is 9.23. The first-order chi connectivity index (χ1) is 8.36. The average Bonchev–Trinajstić information content (AvgIpc) is 2.39. The SMILES string of the molecule is C=CCOCCC(C=C)OCc1ccccc1. The van der Waals surface area contributed by atoms with E-state index in [4.69, 9.17) is 9.47 Å².